The van der Waals surface area contributed by atoms with Gasteiger partial charge in [0.1, 0.15) is 32.6 Å². The molecule has 4 rings (SSSR count). The fourth-order valence-electron chi connectivity index (χ4n) is 2.68. The third-order valence-electron chi connectivity index (χ3n) is 4.09. The third-order valence-corrected chi connectivity index (χ3v) is 5.12. The number of thiazole rings is 1. The number of nitrogens with one attached hydrogen (secondary N) is 1. The van der Waals surface area contributed by atoms with Gasteiger partial charge in [0.15, 0.2) is 0 Å². The molecule has 0 spiro atoms. The molecule has 0 saturated carbocycles. The lowest BCUT2D eigenvalue weighted by Gasteiger charge is -2.11. The Hall–Kier alpha value is -3.19. The number of carbonyl (C=O) groups excluding carboxylic acids is 1. The highest BCUT2D eigenvalue weighted by atomic mass is 32.1. The van der Waals surface area contributed by atoms with E-state index in [1.54, 1.807) is 19.2 Å². The van der Waals surface area contributed by atoms with Crippen molar-refractivity contribution in [1.82, 2.24) is 9.97 Å². The van der Waals surface area contributed by atoms with Gasteiger partial charge in [-0.25, -0.2) is 18.7 Å². The maximum absolute atomic E-state index is 13.9. The summed E-state index contributed by atoms with van der Waals surface area (Å²) in [4.78, 5) is 22.0. The topological polar surface area (TPSA) is 54.9 Å². The summed E-state index contributed by atoms with van der Waals surface area (Å²) >= 11 is 1.43. The van der Waals surface area contributed by atoms with E-state index in [0.717, 1.165) is 38.6 Å². The first-order valence-electron chi connectivity index (χ1n) is 8.11. The van der Waals surface area contributed by atoms with Crippen molar-refractivity contribution in [3.05, 3.63) is 77.5 Å². The monoisotopic (exact) mass is 381 g/mol. The van der Waals surface area contributed by atoms with Crippen molar-refractivity contribution in [2.75, 3.05) is 5.32 Å². The number of aryl methyl sites for hydroxylation is 1. The minimum absolute atomic E-state index is 0.465. The van der Waals surface area contributed by atoms with Crippen LogP contribution in [0.2, 0.25) is 0 Å². The molecule has 0 radical (unpaired) electrons. The molecule has 134 valence electrons. The molecule has 0 aliphatic heterocycles. The van der Waals surface area contributed by atoms with Crippen molar-refractivity contribution in [2.24, 2.45) is 0 Å². The number of halogens is 2. The molecule has 0 aliphatic carbocycles. The summed E-state index contributed by atoms with van der Waals surface area (Å²) in [5.41, 5.74) is 2.20. The SMILES string of the molecule is Cc1ccc(-c2nc3cccnc3s2)cc1NC(=O)c1c(F)cccc1F. The lowest BCUT2D eigenvalue weighted by molar-refractivity contribution is 0.101. The molecule has 2 aromatic heterocycles. The van der Waals surface area contributed by atoms with Gasteiger partial charge in [0.05, 0.1) is 0 Å². The summed E-state index contributed by atoms with van der Waals surface area (Å²) < 4.78 is 27.7. The zero-order valence-corrected chi connectivity index (χ0v) is 15.0. The van der Waals surface area contributed by atoms with Crippen molar-refractivity contribution in [1.29, 1.82) is 0 Å². The largest absolute Gasteiger partial charge is 0.322 e. The van der Waals surface area contributed by atoms with Crippen LogP contribution in [0.3, 0.4) is 0 Å². The number of benzene rings is 2. The number of rotatable bonds is 3. The number of pyridine rings is 1. The predicted octanol–water partition coefficient (Wildman–Crippen LogP) is 5.20. The maximum Gasteiger partial charge on any atom is 0.261 e. The molecule has 1 amide bonds. The number of hydrogen-bond acceptors (Lipinski definition) is 4. The smallest absolute Gasteiger partial charge is 0.261 e. The van der Waals surface area contributed by atoms with E-state index in [2.05, 4.69) is 15.3 Å². The molecule has 7 heteroatoms. The molecule has 1 N–H and O–H groups in total. The van der Waals surface area contributed by atoms with Gasteiger partial charge in [-0.15, -0.1) is 0 Å². The van der Waals surface area contributed by atoms with E-state index in [4.69, 9.17) is 0 Å². The fraction of sp³-hybridized carbons (Fsp3) is 0.0500. The summed E-state index contributed by atoms with van der Waals surface area (Å²) in [6.07, 6.45) is 1.70. The van der Waals surface area contributed by atoms with Crippen molar-refractivity contribution in [3.63, 3.8) is 0 Å². The van der Waals surface area contributed by atoms with Gasteiger partial charge in [0, 0.05) is 17.4 Å². The van der Waals surface area contributed by atoms with Gasteiger partial charge in [0.25, 0.3) is 5.91 Å². The van der Waals surface area contributed by atoms with Crippen LogP contribution in [0.25, 0.3) is 20.9 Å². The van der Waals surface area contributed by atoms with Crippen LogP contribution in [0, 0.1) is 18.6 Å². The van der Waals surface area contributed by atoms with Gasteiger partial charge in [-0.3, -0.25) is 4.79 Å². The summed E-state index contributed by atoms with van der Waals surface area (Å²) in [7, 11) is 0. The molecule has 0 fully saturated rings. The van der Waals surface area contributed by atoms with E-state index in [-0.39, 0.29) is 0 Å². The summed E-state index contributed by atoms with van der Waals surface area (Å²) in [5, 5.41) is 3.34. The Labute approximate surface area is 157 Å². The van der Waals surface area contributed by atoms with Crippen LogP contribution in [0.4, 0.5) is 14.5 Å². The molecular formula is C20H13F2N3OS. The van der Waals surface area contributed by atoms with Gasteiger partial charge >= 0.3 is 0 Å². The standard InChI is InChI=1S/C20H13F2N3OS/c1-11-7-8-12(19-25-15-6-3-9-23-20(15)27-19)10-16(11)24-18(26)17-13(21)4-2-5-14(17)22/h2-10H,1H3,(H,24,26). The number of fused-ring (bicyclic) bond motifs is 1. The predicted molar refractivity (Wildman–Crippen MR) is 102 cm³/mol. The van der Waals surface area contributed by atoms with Crippen molar-refractivity contribution >= 4 is 33.3 Å². The van der Waals surface area contributed by atoms with Crippen molar-refractivity contribution in [2.45, 2.75) is 6.92 Å². The molecule has 4 aromatic rings. The van der Waals surface area contributed by atoms with E-state index in [0.29, 0.717) is 5.69 Å². The summed E-state index contributed by atoms with van der Waals surface area (Å²) in [6.45, 7) is 1.80. The Bertz CT molecular complexity index is 1120. The highest BCUT2D eigenvalue weighted by Crippen LogP contribution is 2.31. The Balaban J connectivity index is 1.69. The number of amides is 1. The van der Waals surface area contributed by atoms with Gasteiger partial charge in [-0.05, 0) is 42.8 Å². The van der Waals surface area contributed by atoms with Crippen LogP contribution in [-0.2, 0) is 0 Å². The van der Waals surface area contributed by atoms with Crippen LogP contribution in [0.5, 0.6) is 0 Å². The van der Waals surface area contributed by atoms with Crippen molar-refractivity contribution in [3.8, 4) is 10.6 Å². The van der Waals surface area contributed by atoms with E-state index < -0.39 is 23.1 Å². The average molecular weight is 381 g/mol. The first-order chi connectivity index (χ1) is 13.0. The van der Waals surface area contributed by atoms with Crippen LogP contribution in [0.15, 0.2) is 54.7 Å². The number of hydrogen-bond donors (Lipinski definition) is 1. The number of nitrogens with zero attached hydrogens (tertiary/aromatic N) is 2. The van der Waals surface area contributed by atoms with Crippen molar-refractivity contribution < 1.29 is 13.6 Å². The molecule has 2 heterocycles. The molecule has 0 aliphatic rings. The minimum atomic E-state index is -0.904. The zero-order chi connectivity index (χ0) is 19.0. The van der Waals surface area contributed by atoms with Crippen LogP contribution < -0.4 is 5.32 Å². The first-order valence-corrected chi connectivity index (χ1v) is 8.92. The summed E-state index contributed by atoms with van der Waals surface area (Å²) in [5.74, 6) is -2.64. The second kappa shape index (κ2) is 6.85. The maximum atomic E-state index is 13.9. The van der Waals surface area contributed by atoms with E-state index in [1.807, 2.05) is 24.3 Å². The molecular weight excluding hydrogens is 368 g/mol. The highest BCUT2D eigenvalue weighted by Gasteiger charge is 2.18. The lowest BCUT2D eigenvalue weighted by Crippen LogP contribution is -2.16. The van der Waals surface area contributed by atoms with Gasteiger partial charge in [0.2, 0.25) is 0 Å². The highest BCUT2D eigenvalue weighted by molar-refractivity contribution is 7.21. The van der Waals surface area contributed by atoms with Crippen LogP contribution in [0.1, 0.15) is 15.9 Å². The van der Waals surface area contributed by atoms with Crippen LogP contribution in [-0.4, -0.2) is 15.9 Å². The molecule has 0 bridgehead atoms. The number of aromatic nitrogens is 2. The van der Waals surface area contributed by atoms with E-state index in [1.165, 1.54) is 17.4 Å². The van der Waals surface area contributed by atoms with E-state index in [9.17, 15) is 13.6 Å². The third kappa shape index (κ3) is 3.29. The minimum Gasteiger partial charge on any atom is -0.322 e. The Morgan fingerprint density at radius 2 is 1.85 bits per heavy atom. The van der Waals surface area contributed by atoms with Gasteiger partial charge in [-0.1, -0.05) is 29.5 Å². The number of carbonyl (C=O) groups is 1. The molecule has 27 heavy (non-hydrogen) atoms. The van der Waals surface area contributed by atoms with Gasteiger partial charge in [-0.2, -0.15) is 0 Å². The lowest BCUT2D eigenvalue weighted by atomic mass is 10.1. The quantitative estimate of drug-likeness (QED) is 0.531. The zero-order valence-electron chi connectivity index (χ0n) is 14.2. The van der Waals surface area contributed by atoms with Crippen LogP contribution >= 0.6 is 11.3 Å². The molecule has 0 saturated heterocycles. The second-order valence-corrected chi connectivity index (χ2v) is 6.90. The Kier molecular flexibility index (Phi) is 4.37. The normalized spacial score (nSPS) is 10.9. The molecule has 0 unspecified atom stereocenters. The fourth-order valence-corrected chi connectivity index (χ4v) is 3.59. The summed E-state index contributed by atoms with van der Waals surface area (Å²) in [6, 6.07) is 12.5. The number of anilines is 1. The first kappa shape index (κ1) is 17.2. The Morgan fingerprint density at radius 1 is 1.07 bits per heavy atom. The van der Waals surface area contributed by atoms with Gasteiger partial charge < -0.3 is 5.32 Å². The molecule has 2 aromatic carbocycles. The second-order valence-electron chi connectivity index (χ2n) is 5.93. The average Bonchev–Trinajstić information content (AvgIpc) is 3.07. The van der Waals surface area contributed by atoms with E-state index >= 15 is 0 Å². The Morgan fingerprint density at radius 3 is 2.59 bits per heavy atom. The molecule has 4 nitrogen and oxygen atoms in total. The molecule has 0 atom stereocenters.